The number of nitrogens with zero attached hydrogens (tertiary/aromatic N) is 8. The minimum Gasteiger partial charge on any atom is -0.744 e. The maximum absolute atomic E-state index is 12.5. The zero-order valence-corrected chi connectivity index (χ0v) is 38.0. The standard InChI is InChI=1S/C40H26N10O8S2.2Na/c1-5-49(6-2)37-43-35(45-39(47-37)55-31-15-11-9-12-16-31)41-29-23-21-27(33(25-29)59-58-57-51)19-20-28-22-24-30(26-34(28)60(52,53)54)42-36-44-38(50(7-3)8-4)48-40(46-36)56-32-17-13-10-14-18-32;;/h1-4,9-26,51H,(H,52,53,54)(H,41,43,45,47)(H,42,44,46,48);;/q;2*+1/p-2. The summed E-state index contributed by atoms with van der Waals surface area (Å²) in [6.45, 7) is 0. The van der Waals surface area contributed by atoms with Gasteiger partial charge in [-0.15, -0.1) is 0 Å². The van der Waals surface area contributed by atoms with Crippen LogP contribution in [0.3, 0.4) is 0 Å². The minimum atomic E-state index is -5.07. The largest absolute Gasteiger partial charge is 1.00 e. The molecule has 6 aromatic rings. The average molecular weight is 883 g/mol. The number of hydrogen-bond donors (Lipinski definition) is 2. The molecular formula is C40H24N10Na2O8S2. The van der Waals surface area contributed by atoms with Crippen molar-refractivity contribution in [1.82, 2.24) is 29.9 Å². The van der Waals surface area contributed by atoms with Crippen molar-refractivity contribution < 1.29 is 96.2 Å². The Kier molecular flexibility index (Phi) is 18.1. The molecule has 0 aliphatic carbocycles. The summed E-state index contributed by atoms with van der Waals surface area (Å²) in [4.78, 5) is 27.0. The van der Waals surface area contributed by atoms with Gasteiger partial charge in [-0.1, -0.05) is 86.4 Å². The Balaban J connectivity index is 0.00000422. The van der Waals surface area contributed by atoms with Crippen molar-refractivity contribution in [2.24, 2.45) is 0 Å². The Bertz CT molecular complexity index is 2810. The first-order valence-corrected chi connectivity index (χ1v) is 18.8. The maximum atomic E-state index is 12.5. The average Bonchev–Trinajstić information content (AvgIpc) is 3.24. The van der Waals surface area contributed by atoms with Gasteiger partial charge >= 0.3 is 71.1 Å². The molecule has 0 radical (unpaired) electrons. The van der Waals surface area contributed by atoms with Gasteiger partial charge in [0, 0.05) is 40.4 Å². The summed E-state index contributed by atoms with van der Waals surface area (Å²) >= 11 is 0.536. The first-order valence-electron chi connectivity index (χ1n) is 16.6. The molecule has 0 saturated carbocycles. The van der Waals surface area contributed by atoms with Gasteiger partial charge in [0.15, 0.2) is 0 Å². The fraction of sp³-hybridized carbons (Fsp3) is 0. The molecule has 22 heteroatoms. The van der Waals surface area contributed by atoms with Crippen LogP contribution in [0.1, 0.15) is 11.1 Å². The number of ether oxygens (including phenoxy) is 2. The Morgan fingerprint density at radius 1 is 0.629 bits per heavy atom. The molecule has 62 heavy (non-hydrogen) atoms. The van der Waals surface area contributed by atoms with Crippen LogP contribution in [0.25, 0.3) is 12.2 Å². The zero-order chi connectivity index (χ0) is 42.5. The van der Waals surface area contributed by atoms with Crippen LogP contribution < -0.4 is 94.3 Å². The maximum Gasteiger partial charge on any atom is 1.00 e. The molecule has 0 unspecified atom stereocenters. The predicted molar refractivity (Wildman–Crippen MR) is 217 cm³/mol. The molecule has 0 aliphatic heterocycles. The fourth-order valence-corrected chi connectivity index (χ4v) is 6.07. The number of benzene rings is 4. The Labute approximate surface area is 404 Å². The van der Waals surface area contributed by atoms with Crippen LogP contribution in [0.4, 0.5) is 35.2 Å². The van der Waals surface area contributed by atoms with Gasteiger partial charge < -0.3 is 29.9 Å². The second-order valence-corrected chi connectivity index (χ2v) is 13.4. The Morgan fingerprint density at radius 3 is 1.53 bits per heavy atom. The monoisotopic (exact) mass is 882 g/mol. The smallest absolute Gasteiger partial charge is 0.744 e. The number of hydrogen-bond acceptors (Lipinski definition) is 19. The molecule has 6 rings (SSSR count). The first-order chi connectivity index (χ1) is 29.1. The van der Waals surface area contributed by atoms with E-state index in [1.54, 1.807) is 72.8 Å². The summed E-state index contributed by atoms with van der Waals surface area (Å²) in [5.41, 5.74) is 0.853. The number of aromatic nitrogens is 6. The molecule has 2 heterocycles. The summed E-state index contributed by atoms with van der Waals surface area (Å²) in [6, 6.07) is 34.6. The van der Waals surface area contributed by atoms with Crippen molar-refractivity contribution in [3.63, 3.8) is 0 Å². The van der Waals surface area contributed by atoms with Crippen LogP contribution in [0.2, 0.25) is 0 Å². The molecule has 0 fully saturated rings. The number of nitrogens with one attached hydrogen (secondary N) is 2. The molecule has 0 atom stereocenters. The quantitative estimate of drug-likeness (QED) is 0.0181. The van der Waals surface area contributed by atoms with Gasteiger partial charge in [0.2, 0.25) is 11.9 Å². The molecule has 2 N–H and O–H groups in total. The Hall–Kier alpha value is -6.18. The summed E-state index contributed by atoms with van der Waals surface area (Å²) in [6.07, 6.45) is 24.9. The number of terminal acetylenes is 4. The zero-order valence-electron chi connectivity index (χ0n) is 32.4. The minimum absolute atomic E-state index is 0. The van der Waals surface area contributed by atoms with E-state index < -0.39 is 15.0 Å². The van der Waals surface area contributed by atoms with Crippen molar-refractivity contribution in [2.45, 2.75) is 9.79 Å². The molecule has 0 spiro atoms. The van der Waals surface area contributed by atoms with E-state index in [1.165, 1.54) is 30.4 Å². The molecule has 0 amide bonds. The first kappa shape index (κ1) is 48.5. The molecule has 2 aromatic heterocycles. The van der Waals surface area contributed by atoms with Gasteiger partial charge in [-0.2, -0.15) is 44.0 Å². The van der Waals surface area contributed by atoms with E-state index in [-0.39, 0.29) is 111 Å². The normalized spacial score (nSPS) is 10.4. The van der Waals surface area contributed by atoms with Gasteiger partial charge in [-0.25, -0.2) is 8.42 Å². The molecule has 0 bridgehead atoms. The molecule has 296 valence electrons. The van der Waals surface area contributed by atoms with Crippen molar-refractivity contribution in [2.75, 3.05) is 20.4 Å². The number of para-hydroxylation sites is 2. The number of anilines is 6. The van der Waals surface area contributed by atoms with Gasteiger partial charge in [-0.05, 0) is 59.7 Å². The van der Waals surface area contributed by atoms with Crippen LogP contribution in [-0.4, -0.2) is 42.9 Å². The van der Waals surface area contributed by atoms with E-state index in [1.807, 2.05) is 0 Å². The van der Waals surface area contributed by atoms with Gasteiger partial charge in [0.1, 0.15) is 21.6 Å². The van der Waals surface area contributed by atoms with Crippen LogP contribution in [0.15, 0.2) is 107 Å². The summed E-state index contributed by atoms with van der Waals surface area (Å²) in [5, 5.41) is 20.2. The van der Waals surface area contributed by atoms with Gasteiger partial charge in [-0.3, -0.25) is 5.04 Å². The second-order valence-electron chi connectivity index (χ2n) is 11.3. The second kappa shape index (κ2) is 23.2. The summed E-state index contributed by atoms with van der Waals surface area (Å²) in [5.74, 6) is 0.397. The van der Waals surface area contributed by atoms with Crippen molar-refractivity contribution in [3.05, 3.63) is 108 Å². The van der Waals surface area contributed by atoms with Crippen molar-refractivity contribution >= 4 is 69.5 Å². The van der Waals surface area contributed by atoms with Crippen LogP contribution in [-0.2, 0) is 19.5 Å². The van der Waals surface area contributed by atoms with Crippen molar-refractivity contribution in [1.29, 1.82) is 0 Å². The predicted octanol–water partition coefficient (Wildman–Crippen LogP) is -0.583. The third-order valence-electron chi connectivity index (χ3n) is 7.43. The molecule has 0 saturated heterocycles. The Morgan fingerprint density at radius 2 is 1.08 bits per heavy atom. The van der Waals surface area contributed by atoms with Gasteiger partial charge in [0.05, 0.1) is 16.9 Å². The van der Waals surface area contributed by atoms with E-state index in [0.717, 1.165) is 15.9 Å². The van der Waals surface area contributed by atoms with Crippen LogP contribution in [0.5, 0.6) is 23.5 Å². The van der Waals surface area contributed by atoms with Gasteiger partial charge in [0.25, 0.3) is 11.9 Å². The SMILES string of the molecule is C#CN(C#C)c1nc(Nc2ccc(C=Cc3ccc(Nc4nc(Oc5ccccc5)nc(N(C#C)C#C)n4)cc3S(=O)(=O)[O-])c(SOO[O-])c2)nc(Oc2ccccc2)n1.[Na+].[Na+]. The molecule has 4 aromatic carbocycles. The van der Waals surface area contributed by atoms with Crippen LogP contribution >= 0.6 is 12.0 Å². The summed E-state index contributed by atoms with van der Waals surface area (Å²) < 4.78 is 53.7. The van der Waals surface area contributed by atoms with E-state index in [0.29, 0.717) is 34.8 Å². The molecular weight excluding hydrogens is 859 g/mol. The molecule has 0 aliphatic rings. The topological polar surface area (TPSA) is 225 Å². The van der Waals surface area contributed by atoms with E-state index in [9.17, 15) is 18.2 Å². The van der Waals surface area contributed by atoms with Crippen LogP contribution in [0, 0.1) is 49.9 Å². The van der Waals surface area contributed by atoms with E-state index >= 15 is 0 Å². The summed E-state index contributed by atoms with van der Waals surface area (Å²) in [7, 11) is -5.07. The third kappa shape index (κ3) is 13.2. The van der Waals surface area contributed by atoms with E-state index in [2.05, 4.69) is 74.1 Å². The molecule has 18 nitrogen and oxygen atoms in total. The third-order valence-corrected chi connectivity index (χ3v) is 8.98. The van der Waals surface area contributed by atoms with Crippen molar-refractivity contribution in [3.8, 4) is 73.4 Å². The fourth-order valence-electron chi connectivity index (χ4n) is 4.86. The number of rotatable bonds is 16. The van der Waals surface area contributed by atoms with E-state index in [4.69, 9.17) is 35.2 Å².